The quantitative estimate of drug-likeness (QED) is 0.704. The van der Waals surface area contributed by atoms with Crippen LogP contribution in [0.25, 0.3) is 0 Å². The minimum atomic E-state index is 0.0192. The van der Waals surface area contributed by atoms with Gasteiger partial charge in [-0.05, 0) is 25.3 Å². The van der Waals surface area contributed by atoms with Gasteiger partial charge in [0.15, 0.2) is 0 Å². The minimum absolute atomic E-state index is 0.0192. The van der Waals surface area contributed by atoms with Gasteiger partial charge in [-0.15, -0.1) is 0 Å². The van der Waals surface area contributed by atoms with Crippen LogP contribution >= 0.6 is 0 Å². The molecule has 1 saturated carbocycles. The fraction of sp³-hybridized carbons (Fsp3) is 0.667. The van der Waals surface area contributed by atoms with Crippen molar-refractivity contribution in [3.63, 3.8) is 0 Å². The van der Waals surface area contributed by atoms with Crippen LogP contribution in [0.15, 0.2) is 6.20 Å². The highest BCUT2D eigenvalue weighted by atomic mass is 16.3. The van der Waals surface area contributed by atoms with Crippen LogP contribution in [-0.2, 0) is 12.5 Å². The second kappa shape index (κ2) is 2.33. The number of aliphatic hydroxyl groups is 1. The Morgan fingerprint density at radius 2 is 2.33 bits per heavy atom. The van der Waals surface area contributed by atoms with Gasteiger partial charge in [0.1, 0.15) is 0 Å². The molecule has 0 aromatic carbocycles. The van der Waals surface area contributed by atoms with E-state index in [1.165, 1.54) is 5.56 Å². The molecule has 3 heteroatoms. The predicted molar refractivity (Wildman–Crippen MR) is 45.9 cm³/mol. The second-order valence-corrected chi connectivity index (χ2v) is 3.77. The van der Waals surface area contributed by atoms with Crippen molar-refractivity contribution >= 4 is 0 Å². The van der Waals surface area contributed by atoms with Crippen molar-refractivity contribution in [3.05, 3.63) is 17.5 Å². The van der Waals surface area contributed by atoms with Gasteiger partial charge in [-0.3, -0.25) is 4.68 Å². The van der Waals surface area contributed by atoms with E-state index >= 15 is 0 Å². The van der Waals surface area contributed by atoms with E-state index in [2.05, 4.69) is 12.0 Å². The summed E-state index contributed by atoms with van der Waals surface area (Å²) in [5, 5.41) is 13.6. The highest BCUT2D eigenvalue weighted by molar-refractivity contribution is 5.30. The van der Waals surface area contributed by atoms with Crippen LogP contribution in [0.3, 0.4) is 0 Å². The molecule has 1 aliphatic rings. The van der Waals surface area contributed by atoms with E-state index in [0.717, 1.165) is 18.5 Å². The summed E-state index contributed by atoms with van der Waals surface area (Å²) in [6.07, 6.45) is 4.17. The number of rotatable bonds is 2. The van der Waals surface area contributed by atoms with E-state index < -0.39 is 0 Å². The Morgan fingerprint density at radius 3 is 2.67 bits per heavy atom. The standard InChI is InChI=1S/C9H14N2O/c1-7-5-11(2)10-8(7)9(6-12)3-4-9/h5,12H,3-4,6H2,1-2H3. The van der Waals surface area contributed by atoms with E-state index in [1.54, 1.807) is 0 Å². The van der Waals surface area contributed by atoms with Crippen LogP contribution in [0.2, 0.25) is 0 Å². The number of aromatic nitrogens is 2. The van der Waals surface area contributed by atoms with Gasteiger partial charge in [0.25, 0.3) is 0 Å². The van der Waals surface area contributed by atoms with E-state index in [1.807, 2.05) is 17.9 Å². The Bertz CT molecular complexity index is 299. The maximum atomic E-state index is 9.19. The molecule has 1 aliphatic carbocycles. The van der Waals surface area contributed by atoms with Gasteiger partial charge < -0.3 is 5.11 Å². The van der Waals surface area contributed by atoms with Crippen molar-refractivity contribution in [2.75, 3.05) is 6.61 Å². The molecule has 12 heavy (non-hydrogen) atoms. The summed E-state index contributed by atoms with van der Waals surface area (Å²) >= 11 is 0. The van der Waals surface area contributed by atoms with Gasteiger partial charge in [-0.2, -0.15) is 5.10 Å². The Kier molecular flexibility index (Phi) is 1.51. The van der Waals surface area contributed by atoms with Crippen LogP contribution in [0.1, 0.15) is 24.1 Å². The molecular weight excluding hydrogens is 152 g/mol. The number of aryl methyl sites for hydroxylation is 2. The van der Waals surface area contributed by atoms with Crippen molar-refractivity contribution in [1.29, 1.82) is 0 Å². The van der Waals surface area contributed by atoms with Gasteiger partial charge in [0, 0.05) is 18.7 Å². The fourth-order valence-corrected chi connectivity index (χ4v) is 1.75. The average molecular weight is 166 g/mol. The van der Waals surface area contributed by atoms with Gasteiger partial charge in [-0.25, -0.2) is 0 Å². The second-order valence-electron chi connectivity index (χ2n) is 3.77. The summed E-state index contributed by atoms with van der Waals surface area (Å²) in [6.45, 7) is 2.29. The Hall–Kier alpha value is -0.830. The molecule has 0 atom stereocenters. The lowest BCUT2D eigenvalue weighted by atomic mass is 10.0. The average Bonchev–Trinajstić information content (AvgIpc) is 2.74. The largest absolute Gasteiger partial charge is 0.395 e. The molecule has 1 aromatic heterocycles. The van der Waals surface area contributed by atoms with E-state index in [-0.39, 0.29) is 12.0 Å². The zero-order valence-corrected chi connectivity index (χ0v) is 7.54. The van der Waals surface area contributed by atoms with Crippen molar-refractivity contribution in [2.24, 2.45) is 7.05 Å². The van der Waals surface area contributed by atoms with Gasteiger partial charge in [0.2, 0.25) is 0 Å². The Balaban J connectivity index is 2.39. The fourth-order valence-electron chi connectivity index (χ4n) is 1.75. The maximum Gasteiger partial charge on any atom is 0.0738 e. The van der Waals surface area contributed by atoms with Crippen LogP contribution in [0.5, 0.6) is 0 Å². The molecule has 0 amide bonds. The monoisotopic (exact) mass is 166 g/mol. The zero-order chi connectivity index (χ0) is 8.77. The molecule has 66 valence electrons. The first kappa shape index (κ1) is 7.80. The Labute approximate surface area is 72.0 Å². The molecular formula is C9H14N2O. The van der Waals surface area contributed by atoms with Crippen LogP contribution < -0.4 is 0 Å². The lowest BCUT2D eigenvalue weighted by molar-refractivity contribution is 0.251. The first-order valence-corrected chi connectivity index (χ1v) is 4.29. The van der Waals surface area contributed by atoms with Gasteiger partial charge in [-0.1, -0.05) is 0 Å². The number of hydrogen-bond acceptors (Lipinski definition) is 2. The number of aliphatic hydroxyl groups excluding tert-OH is 1. The summed E-state index contributed by atoms with van der Waals surface area (Å²) in [6, 6.07) is 0. The molecule has 0 saturated heterocycles. The van der Waals surface area contributed by atoms with Crippen LogP contribution in [0, 0.1) is 6.92 Å². The normalized spacial score (nSPS) is 19.6. The molecule has 0 radical (unpaired) electrons. The number of hydrogen-bond donors (Lipinski definition) is 1. The third-order valence-corrected chi connectivity index (χ3v) is 2.67. The summed E-state index contributed by atoms with van der Waals surface area (Å²) in [5.74, 6) is 0. The Morgan fingerprint density at radius 1 is 1.67 bits per heavy atom. The van der Waals surface area contributed by atoms with Crippen molar-refractivity contribution < 1.29 is 5.11 Å². The smallest absolute Gasteiger partial charge is 0.0738 e. The maximum absolute atomic E-state index is 9.19. The molecule has 0 bridgehead atoms. The van der Waals surface area contributed by atoms with Crippen LogP contribution in [0.4, 0.5) is 0 Å². The first-order chi connectivity index (χ1) is 5.68. The lowest BCUT2D eigenvalue weighted by Gasteiger charge is -2.08. The van der Waals surface area contributed by atoms with Gasteiger partial charge >= 0.3 is 0 Å². The summed E-state index contributed by atoms with van der Waals surface area (Å²) in [5.41, 5.74) is 2.31. The van der Waals surface area contributed by atoms with Gasteiger partial charge in [0.05, 0.1) is 12.3 Å². The zero-order valence-electron chi connectivity index (χ0n) is 7.54. The molecule has 0 aliphatic heterocycles. The van der Waals surface area contributed by atoms with E-state index in [0.29, 0.717) is 0 Å². The molecule has 0 unspecified atom stereocenters. The van der Waals surface area contributed by atoms with E-state index in [4.69, 9.17) is 0 Å². The summed E-state index contributed by atoms with van der Waals surface area (Å²) < 4.78 is 1.82. The molecule has 1 N–H and O–H groups in total. The highest BCUT2D eigenvalue weighted by Crippen LogP contribution is 2.47. The molecule has 1 fully saturated rings. The predicted octanol–water partition coefficient (Wildman–Crippen LogP) is 0.752. The minimum Gasteiger partial charge on any atom is -0.395 e. The molecule has 1 aromatic rings. The highest BCUT2D eigenvalue weighted by Gasteiger charge is 2.46. The SMILES string of the molecule is Cc1cn(C)nc1C1(CO)CC1. The third-order valence-electron chi connectivity index (χ3n) is 2.67. The first-order valence-electron chi connectivity index (χ1n) is 4.29. The molecule has 1 heterocycles. The van der Waals surface area contributed by atoms with Crippen LogP contribution in [-0.4, -0.2) is 21.5 Å². The molecule has 3 nitrogen and oxygen atoms in total. The van der Waals surface area contributed by atoms with Crippen molar-refractivity contribution in [1.82, 2.24) is 9.78 Å². The van der Waals surface area contributed by atoms with Crippen molar-refractivity contribution in [3.8, 4) is 0 Å². The lowest BCUT2D eigenvalue weighted by Crippen LogP contribution is -2.14. The number of nitrogens with zero attached hydrogens (tertiary/aromatic N) is 2. The van der Waals surface area contributed by atoms with Crippen molar-refractivity contribution in [2.45, 2.75) is 25.2 Å². The summed E-state index contributed by atoms with van der Waals surface area (Å²) in [4.78, 5) is 0. The van der Waals surface area contributed by atoms with E-state index in [9.17, 15) is 5.11 Å². The third kappa shape index (κ3) is 0.966. The molecule has 0 spiro atoms. The summed E-state index contributed by atoms with van der Waals surface area (Å²) in [7, 11) is 1.92. The molecule has 2 rings (SSSR count). The topological polar surface area (TPSA) is 38.0 Å².